The van der Waals surface area contributed by atoms with Gasteiger partial charge in [0, 0.05) is 51.3 Å². The third-order valence-electron chi connectivity index (χ3n) is 8.93. The molecule has 2 saturated heterocycles. The lowest BCUT2D eigenvalue weighted by Gasteiger charge is -2.33. The van der Waals surface area contributed by atoms with Crippen LogP contribution in [-0.2, 0) is 20.2 Å². The monoisotopic (exact) mass is 552 g/mol. The van der Waals surface area contributed by atoms with Crippen LogP contribution in [-0.4, -0.2) is 87.3 Å². The van der Waals surface area contributed by atoms with Gasteiger partial charge in [-0.1, -0.05) is 6.07 Å². The molecule has 5 aliphatic rings. The summed E-state index contributed by atoms with van der Waals surface area (Å²) in [5.41, 5.74) is 1.34. The van der Waals surface area contributed by atoms with E-state index in [-0.39, 0.29) is 17.0 Å². The summed E-state index contributed by atoms with van der Waals surface area (Å²) >= 11 is 0. The minimum absolute atomic E-state index is 0.0134. The van der Waals surface area contributed by atoms with Crippen molar-refractivity contribution in [2.75, 3.05) is 36.4 Å². The van der Waals surface area contributed by atoms with Crippen molar-refractivity contribution in [2.24, 2.45) is 0 Å². The number of carbonyl (C=O) groups is 1. The summed E-state index contributed by atoms with van der Waals surface area (Å²) in [6.07, 6.45) is 8.21. The zero-order chi connectivity index (χ0) is 26.8. The Morgan fingerprint density at radius 2 is 1.85 bits per heavy atom. The predicted octanol–water partition coefficient (Wildman–Crippen LogP) is 1.94. The maximum absolute atomic E-state index is 13.4. The molecule has 2 saturated carbocycles. The molecule has 2 aromatic heterocycles. The molecule has 1 spiro atoms. The lowest BCUT2D eigenvalue weighted by molar-refractivity contribution is -0.369. The van der Waals surface area contributed by atoms with Crippen LogP contribution in [0.1, 0.15) is 63.4 Å². The maximum Gasteiger partial charge on any atom is 0.340 e. The first-order valence-electron chi connectivity index (χ1n) is 14.1. The molecule has 2 N–H and O–H groups in total. The number of carbonyl (C=O) groups excluding carboxylic acids is 1. The van der Waals surface area contributed by atoms with Crippen LogP contribution in [0.25, 0.3) is 0 Å². The van der Waals surface area contributed by atoms with Crippen molar-refractivity contribution in [1.29, 1.82) is 0 Å². The highest BCUT2D eigenvalue weighted by molar-refractivity contribution is 7.89. The first kappa shape index (κ1) is 25.0. The largest absolute Gasteiger partial charge is 0.393 e. The van der Waals surface area contributed by atoms with Crippen LogP contribution in [0.15, 0.2) is 29.4 Å². The Labute approximate surface area is 228 Å². The van der Waals surface area contributed by atoms with Gasteiger partial charge in [0.2, 0.25) is 0 Å². The number of amides is 1. The van der Waals surface area contributed by atoms with Crippen LogP contribution in [0, 0.1) is 0 Å². The number of aliphatic hydroxyl groups is 1. The Bertz CT molecular complexity index is 1460. The molecule has 12 heteroatoms. The van der Waals surface area contributed by atoms with E-state index in [1.165, 1.54) is 4.31 Å². The number of hydrogen-bond donors (Lipinski definition) is 2. The molecule has 0 aromatic carbocycles. The molecule has 39 heavy (non-hydrogen) atoms. The number of hydrogen-bond acceptors (Lipinski definition) is 9. The number of sulfonamides is 1. The first-order valence-corrected chi connectivity index (χ1v) is 15.5. The number of aliphatic hydroxyl groups excluding tert-OH is 1. The van der Waals surface area contributed by atoms with Crippen LogP contribution < -0.4 is 10.2 Å². The van der Waals surface area contributed by atoms with Crippen molar-refractivity contribution < 1.29 is 22.9 Å². The highest BCUT2D eigenvalue weighted by Gasteiger charge is 2.64. The average molecular weight is 553 g/mol. The minimum atomic E-state index is -3.67. The number of aromatic nitrogens is 3. The zero-order valence-corrected chi connectivity index (χ0v) is 22.7. The Morgan fingerprint density at radius 3 is 2.54 bits per heavy atom. The molecular weight excluding hydrogens is 518 g/mol. The number of fused-ring (bicyclic) bond motifs is 2. The summed E-state index contributed by atoms with van der Waals surface area (Å²) in [5.74, 6) is 1.88. The van der Waals surface area contributed by atoms with Crippen molar-refractivity contribution in [2.45, 2.75) is 80.4 Å². The van der Waals surface area contributed by atoms with Gasteiger partial charge in [-0.2, -0.15) is 13.9 Å². The van der Waals surface area contributed by atoms with Crippen molar-refractivity contribution in [3.63, 3.8) is 0 Å². The van der Waals surface area contributed by atoms with Crippen LogP contribution >= 0.6 is 0 Å². The van der Waals surface area contributed by atoms with Gasteiger partial charge in [-0.25, -0.2) is 18.2 Å². The molecule has 1 amide bonds. The van der Waals surface area contributed by atoms with Crippen molar-refractivity contribution in [3.05, 3.63) is 30.0 Å². The fourth-order valence-corrected chi connectivity index (χ4v) is 7.74. The van der Waals surface area contributed by atoms with E-state index in [1.807, 2.05) is 6.07 Å². The van der Waals surface area contributed by atoms with Crippen molar-refractivity contribution >= 4 is 39.2 Å². The highest BCUT2D eigenvalue weighted by Crippen LogP contribution is 2.56. The number of nitrogens with one attached hydrogen (secondary N) is 1. The third-order valence-corrected chi connectivity index (χ3v) is 10.7. The number of piperidine rings is 1. The third kappa shape index (κ3) is 4.23. The molecule has 1 atom stereocenters. The van der Waals surface area contributed by atoms with E-state index >= 15 is 0 Å². The normalized spacial score (nSPS) is 26.9. The van der Waals surface area contributed by atoms with Crippen molar-refractivity contribution in [3.8, 4) is 0 Å². The van der Waals surface area contributed by atoms with E-state index < -0.39 is 21.5 Å². The van der Waals surface area contributed by atoms with Gasteiger partial charge in [-0.3, -0.25) is 0 Å². The van der Waals surface area contributed by atoms with Crippen LogP contribution in [0.3, 0.4) is 0 Å². The Kier molecular flexibility index (Phi) is 5.98. The van der Waals surface area contributed by atoms with Gasteiger partial charge >= 0.3 is 17.7 Å². The van der Waals surface area contributed by atoms with E-state index in [9.17, 15) is 18.3 Å². The zero-order valence-electron chi connectivity index (χ0n) is 21.9. The maximum atomic E-state index is 13.4. The summed E-state index contributed by atoms with van der Waals surface area (Å²) in [6, 6.07) is 5.21. The lowest BCUT2D eigenvalue weighted by atomic mass is 9.95. The molecule has 0 unspecified atom stereocenters. The topological polar surface area (TPSA) is 132 Å². The van der Waals surface area contributed by atoms with Gasteiger partial charge in [0.05, 0.1) is 17.4 Å². The van der Waals surface area contributed by atoms with Gasteiger partial charge in [-0.05, 0) is 62.1 Å². The molecular formula is C27H34N7O4S+. The minimum Gasteiger partial charge on any atom is -0.393 e. The second-order valence-corrected chi connectivity index (χ2v) is 13.4. The van der Waals surface area contributed by atoms with Crippen molar-refractivity contribution in [1.82, 2.24) is 19.3 Å². The first-order chi connectivity index (χ1) is 18.8. The van der Waals surface area contributed by atoms with Gasteiger partial charge in [-0.15, -0.1) is 0 Å². The Balaban J connectivity index is 1.06. The highest BCUT2D eigenvalue weighted by atomic mass is 32.2. The average Bonchev–Trinajstić information content (AvgIpc) is 3.66. The van der Waals surface area contributed by atoms with E-state index in [2.05, 4.69) is 20.2 Å². The number of rotatable bonds is 5. The number of anilines is 2. The van der Waals surface area contributed by atoms with Crippen LogP contribution in [0.2, 0.25) is 0 Å². The summed E-state index contributed by atoms with van der Waals surface area (Å²) in [4.78, 5) is 29.3. The quantitative estimate of drug-likeness (QED) is 0.534. The second-order valence-electron chi connectivity index (χ2n) is 11.5. The molecule has 11 nitrogen and oxygen atoms in total. The fourth-order valence-electron chi connectivity index (χ4n) is 6.32. The number of nitrogens with zero attached hydrogens (tertiary/aromatic N) is 6. The second kappa shape index (κ2) is 9.31. The number of pyridine rings is 1. The molecule has 206 valence electrons. The summed E-state index contributed by atoms with van der Waals surface area (Å²) in [5, 5.41) is 13.7. The van der Waals surface area contributed by atoms with Crippen LogP contribution in [0.5, 0.6) is 0 Å². The molecule has 5 heterocycles. The summed E-state index contributed by atoms with van der Waals surface area (Å²) in [7, 11) is -3.67. The standard InChI is InChI=1S/C27H34N7O4S/c35-20-5-1-4-19(16-20)34-24-21(27(10-11-27)25(34)36)17-28-26(31-24)29-18-8-14-33(15-9-18)39(37,38)23-7-2-6-22(30-23)32-12-3-13-32/h2,6-7,17-18,20,35H,1,3-5,8-16H2,(H,28,29,31)/q+1/t20-/m1/s1. The van der Waals surface area contributed by atoms with Gasteiger partial charge in [0.15, 0.2) is 5.03 Å². The molecule has 7 rings (SSSR count). The van der Waals surface area contributed by atoms with E-state index in [0.717, 1.165) is 62.9 Å². The molecule has 2 aliphatic carbocycles. The molecule has 0 bridgehead atoms. The van der Waals surface area contributed by atoms with Gasteiger partial charge < -0.3 is 15.3 Å². The molecule has 0 radical (unpaired) electrons. The smallest absolute Gasteiger partial charge is 0.340 e. The van der Waals surface area contributed by atoms with E-state index in [0.29, 0.717) is 49.9 Å². The molecule has 2 aromatic rings. The Morgan fingerprint density at radius 1 is 1.05 bits per heavy atom. The van der Waals surface area contributed by atoms with Crippen LogP contribution in [0.4, 0.5) is 17.6 Å². The van der Waals surface area contributed by atoms with E-state index in [4.69, 9.17) is 4.98 Å². The van der Waals surface area contributed by atoms with E-state index in [1.54, 1.807) is 22.9 Å². The lowest BCUT2D eigenvalue weighted by Crippen LogP contribution is -2.43. The molecule has 4 fully saturated rings. The Hall–Kier alpha value is -2.96. The SMILES string of the molecule is O=C1[N+](=C2CCC[C@@H](O)C2)c2nc(NC3CCN(S(=O)(=O)c4cccc(N5CCC5)n4)CC3)ncc2C12CC2. The fraction of sp³-hybridized carbons (Fsp3) is 0.593. The van der Waals surface area contributed by atoms with Gasteiger partial charge in [0.25, 0.3) is 10.0 Å². The summed E-state index contributed by atoms with van der Waals surface area (Å²) < 4.78 is 29.9. The molecule has 3 aliphatic heterocycles. The predicted molar refractivity (Wildman–Crippen MR) is 144 cm³/mol. The summed E-state index contributed by atoms with van der Waals surface area (Å²) in [6.45, 7) is 2.58. The van der Waals surface area contributed by atoms with Gasteiger partial charge in [0.1, 0.15) is 11.2 Å².